The van der Waals surface area contributed by atoms with E-state index < -0.39 is 0 Å². The Labute approximate surface area is 261 Å². The maximum atomic E-state index is 2.44. The predicted octanol–water partition coefficient (Wildman–Crippen LogP) is 12.4. The van der Waals surface area contributed by atoms with Gasteiger partial charge in [-0.1, -0.05) is 136 Å². The Morgan fingerprint density at radius 3 is 1.66 bits per heavy atom. The lowest BCUT2D eigenvalue weighted by molar-refractivity contribution is 0.591. The molecule has 0 aliphatic rings. The van der Waals surface area contributed by atoms with Crippen molar-refractivity contribution >= 4 is 38.6 Å². The van der Waals surface area contributed by atoms with Crippen LogP contribution in [0.5, 0.6) is 0 Å². The van der Waals surface area contributed by atoms with Crippen LogP contribution in [-0.4, -0.2) is 0 Å². The summed E-state index contributed by atoms with van der Waals surface area (Å²) in [4.78, 5) is 2.38. The van der Waals surface area contributed by atoms with Crippen molar-refractivity contribution in [1.29, 1.82) is 0 Å². The van der Waals surface area contributed by atoms with E-state index in [9.17, 15) is 0 Å². The van der Waals surface area contributed by atoms with Gasteiger partial charge in [0.2, 0.25) is 0 Å². The summed E-state index contributed by atoms with van der Waals surface area (Å²) in [7, 11) is 0. The van der Waals surface area contributed by atoms with Crippen molar-refractivity contribution in [2.24, 2.45) is 0 Å². The molecule has 0 bridgehead atoms. The Morgan fingerprint density at radius 1 is 0.432 bits per heavy atom. The van der Waals surface area contributed by atoms with Crippen LogP contribution in [0, 0.1) is 6.92 Å². The van der Waals surface area contributed by atoms with Crippen molar-refractivity contribution in [2.45, 2.75) is 33.1 Å². The molecular weight excluding hydrogens is 530 g/mol. The molecule has 44 heavy (non-hydrogen) atoms. The molecule has 0 amide bonds. The summed E-state index contributed by atoms with van der Waals surface area (Å²) in [5, 5.41) is 5.11. The lowest BCUT2D eigenvalue weighted by Gasteiger charge is -2.28. The third kappa shape index (κ3) is 4.95. The van der Waals surface area contributed by atoms with Gasteiger partial charge in [-0.2, -0.15) is 0 Å². The number of nitrogens with zero attached hydrogens (tertiary/aromatic N) is 1. The van der Waals surface area contributed by atoms with Crippen LogP contribution >= 0.6 is 0 Å². The van der Waals surface area contributed by atoms with Gasteiger partial charge in [-0.3, -0.25) is 0 Å². The molecule has 1 heteroatoms. The van der Waals surface area contributed by atoms with E-state index in [0.29, 0.717) is 0 Å². The van der Waals surface area contributed by atoms with Crippen LogP contribution in [-0.2, 0) is 5.41 Å². The molecule has 1 nitrogen and oxygen atoms in total. The quantitative estimate of drug-likeness (QED) is 0.187. The van der Waals surface area contributed by atoms with Crippen LogP contribution in [0.1, 0.15) is 31.9 Å². The van der Waals surface area contributed by atoms with Gasteiger partial charge in [0, 0.05) is 17.1 Å². The highest BCUT2D eigenvalue weighted by atomic mass is 15.1. The Morgan fingerprint density at radius 2 is 0.977 bits per heavy atom. The van der Waals surface area contributed by atoms with Gasteiger partial charge in [0.1, 0.15) is 0 Å². The number of fused-ring (bicyclic) bond motifs is 2. The van der Waals surface area contributed by atoms with Crippen molar-refractivity contribution in [3.05, 3.63) is 163 Å². The monoisotopic (exact) mass is 567 g/mol. The first-order valence-corrected chi connectivity index (χ1v) is 15.5. The van der Waals surface area contributed by atoms with E-state index in [0.717, 1.165) is 11.4 Å². The first-order valence-electron chi connectivity index (χ1n) is 15.5. The maximum Gasteiger partial charge on any atom is 0.0490 e. The molecule has 0 fully saturated rings. The van der Waals surface area contributed by atoms with Crippen LogP contribution < -0.4 is 4.90 Å². The molecule has 0 radical (unpaired) electrons. The molecule has 0 saturated heterocycles. The molecule has 0 atom stereocenters. The minimum atomic E-state index is 0.0286. The molecule has 0 heterocycles. The van der Waals surface area contributed by atoms with Crippen molar-refractivity contribution < 1.29 is 0 Å². The second-order valence-electron chi connectivity index (χ2n) is 12.7. The van der Waals surface area contributed by atoms with Gasteiger partial charge in [0.15, 0.2) is 0 Å². The predicted molar refractivity (Wildman–Crippen MR) is 190 cm³/mol. The lowest BCUT2D eigenvalue weighted by Crippen LogP contribution is -2.11. The number of hydrogen-bond acceptors (Lipinski definition) is 1. The zero-order valence-electron chi connectivity index (χ0n) is 25.9. The van der Waals surface area contributed by atoms with Crippen molar-refractivity contribution in [1.82, 2.24) is 0 Å². The summed E-state index contributed by atoms with van der Waals surface area (Å²) >= 11 is 0. The molecule has 0 N–H and O–H groups in total. The minimum Gasteiger partial charge on any atom is -0.310 e. The van der Waals surface area contributed by atoms with Crippen LogP contribution in [0.4, 0.5) is 17.1 Å². The Hall–Kier alpha value is -5.14. The number of para-hydroxylation sites is 2. The summed E-state index contributed by atoms with van der Waals surface area (Å²) in [5.74, 6) is 0. The number of anilines is 3. The third-order valence-corrected chi connectivity index (χ3v) is 8.72. The van der Waals surface area contributed by atoms with E-state index in [1.54, 1.807) is 0 Å². The van der Waals surface area contributed by atoms with E-state index >= 15 is 0 Å². The Bertz CT molecular complexity index is 2100. The van der Waals surface area contributed by atoms with E-state index in [1.165, 1.54) is 60.6 Å². The van der Waals surface area contributed by atoms with Crippen LogP contribution in [0.25, 0.3) is 43.8 Å². The van der Waals surface area contributed by atoms with Crippen LogP contribution in [0.2, 0.25) is 0 Å². The van der Waals surface area contributed by atoms with Crippen LogP contribution in [0.15, 0.2) is 152 Å². The fourth-order valence-electron chi connectivity index (χ4n) is 6.49. The second-order valence-corrected chi connectivity index (χ2v) is 12.7. The van der Waals surface area contributed by atoms with Crippen molar-refractivity contribution in [3.8, 4) is 22.3 Å². The third-order valence-electron chi connectivity index (χ3n) is 8.72. The highest BCUT2D eigenvalue weighted by molar-refractivity contribution is 6.21. The molecule has 0 spiro atoms. The smallest absolute Gasteiger partial charge is 0.0490 e. The summed E-state index contributed by atoms with van der Waals surface area (Å²) < 4.78 is 0. The highest BCUT2D eigenvalue weighted by Crippen LogP contribution is 2.46. The minimum absolute atomic E-state index is 0.0286. The number of benzene rings is 7. The Balaban J connectivity index is 1.55. The van der Waals surface area contributed by atoms with Gasteiger partial charge in [-0.25, -0.2) is 0 Å². The summed E-state index contributed by atoms with van der Waals surface area (Å²) in [5.41, 5.74) is 11.1. The van der Waals surface area contributed by atoms with Crippen molar-refractivity contribution in [3.63, 3.8) is 0 Å². The molecule has 0 saturated carbocycles. The molecule has 0 aliphatic heterocycles. The van der Waals surface area contributed by atoms with Crippen molar-refractivity contribution in [2.75, 3.05) is 4.90 Å². The van der Waals surface area contributed by atoms with Gasteiger partial charge >= 0.3 is 0 Å². The second kappa shape index (κ2) is 11.2. The highest BCUT2D eigenvalue weighted by Gasteiger charge is 2.21. The van der Waals surface area contributed by atoms with E-state index in [2.05, 4.69) is 184 Å². The lowest BCUT2D eigenvalue weighted by atomic mass is 9.81. The summed E-state index contributed by atoms with van der Waals surface area (Å²) in [6, 6.07) is 55.3. The van der Waals surface area contributed by atoms with Crippen LogP contribution in [0.3, 0.4) is 0 Å². The average molecular weight is 568 g/mol. The molecule has 7 aromatic rings. The van der Waals surface area contributed by atoms with Gasteiger partial charge in [0.05, 0.1) is 0 Å². The molecule has 0 aliphatic carbocycles. The van der Waals surface area contributed by atoms with E-state index in [1.807, 2.05) is 0 Å². The summed E-state index contributed by atoms with van der Waals surface area (Å²) in [6.45, 7) is 9.08. The molecule has 7 aromatic carbocycles. The standard InChI is InChI=1S/C43H37N/c1-30-16-11-14-25-40(30)44(34-20-9-6-10-21-34)35-22-15-19-32(28-35)42-37-24-13-12-23-36(37)41(31-17-7-5-8-18-31)38-27-26-33(29-39(38)42)43(2,3)4/h5-29H,1-4H3. The first kappa shape index (κ1) is 27.7. The zero-order chi connectivity index (χ0) is 30.3. The molecule has 214 valence electrons. The largest absolute Gasteiger partial charge is 0.310 e. The fraction of sp³-hybridized carbons (Fsp3) is 0.116. The summed E-state index contributed by atoms with van der Waals surface area (Å²) in [6.07, 6.45) is 0. The van der Waals surface area contributed by atoms with E-state index in [-0.39, 0.29) is 5.41 Å². The first-order chi connectivity index (χ1) is 21.4. The molecular formula is C43H37N. The maximum absolute atomic E-state index is 2.44. The fourth-order valence-corrected chi connectivity index (χ4v) is 6.49. The van der Waals surface area contributed by atoms with Gasteiger partial charge in [-0.15, -0.1) is 0 Å². The number of aryl methyl sites for hydroxylation is 1. The topological polar surface area (TPSA) is 3.24 Å². The van der Waals surface area contributed by atoms with E-state index in [4.69, 9.17) is 0 Å². The average Bonchev–Trinajstić information content (AvgIpc) is 3.05. The Kier molecular flexibility index (Phi) is 7.03. The number of hydrogen-bond donors (Lipinski definition) is 0. The molecule has 0 aromatic heterocycles. The molecule has 0 unspecified atom stereocenters. The normalized spacial score (nSPS) is 11.6. The SMILES string of the molecule is Cc1ccccc1N(c1ccccc1)c1cccc(-c2c3ccccc3c(-c3ccccc3)c3ccc(C(C)(C)C)cc23)c1. The van der Waals surface area contributed by atoms with Gasteiger partial charge < -0.3 is 4.90 Å². The zero-order valence-corrected chi connectivity index (χ0v) is 25.9. The van der Waals surface area contributed by atoms with Gasteiger partial charge in [-0.05, 0) is 104 Å². The van der Waals surface area contributed by atoms with Gasteiger partial charge in [0.25, 0.3) is 0 Å². The number of rotatable bonds is 5. The molecule has 7 rings (SSSR count).